The maximum absolute atomic E-state index is 11.1. The molecule has 1 aliphatic rings. The molecule has 1 aromatic carbocycles. The van der Waals surface area contributed by atoms with E-state index in [9.17, 15) is 4.79 Å². The summed E-state index contributed by atoms with van der Waals surface area (Å²) < 4.78 is 5.29. The summed E-state index contributed by atoms with van der Waals surface area (Å²) in [6.45, 7) is 3.19. The highest BCUT2D eigenvalue weighted by atomic mass is 16.5. The lowest BCUT2D eigenvalue weighted by Gasteiger charge is -2.31. The molecule has 16 heavy (non-hydrogen) atoms. The Morgan fingerprint density at radius 1 is 1.25 bits per heavy atom. The first-order valence-corrected chi connectivity index (χ1v) is 5.71. The largest absolute Gasteiger partial charge is 0.379 e. The molecule has 0 aliphatic carbocycles. The van der Waals surface area contributed by atoms with Crippen molar-refractivity contribution in [3.8, 4) is 0 Å². The number of nitrogens with zero attached hydrogens (tertiary/aromatic N) is 1. The van der Waals surface area contributed by atoms with Crippen LogP contribution in [0.5, 0.6) is 0 Å². The van der Waals surface area contributed by atoms with Crippen LogP contribution in [-0.2, 0) is 16.0 Å². The Morgan fingerprint density at radius 2 is 1.94 bits per heavy atom. The van der Waals surface area contributed by atoms with Gasteiger partial charge in [0.15, 0.2) is 0 Å². The molecular formula is C13H17NO2. The molecule has 2 rings (SSSR count). The van der Waals surface area contributed by atoms with E-state index < -0.39 is 0 Å². The Bertz CT molecular complexity index is 320. The predicted octanol–water partition coefficient (Wildman–Crippen LogP) is 1.13. The first-order valence-electron chi connectivity index (χ1n) is 5.71. The van der Waals surface area contributed by atoms with Crippen molar-refractivity contribution in [2.75, 3.05) is 26.3 Å². The minimum atomic E-state index is -0.00806. The van der Waals surface area contributed by atoms with Crippen molar-refractivity contribution in [3.05, 3.63) is 35.9 Å². The summed E-state index contributed by atoms with van der Waals surface area (Å²) in [5, 5.41) is 0. The highest BCUT2D eigenvalue weighted by Crippen LogP contribution is 2.09. The Morgan fingerprint density at radius 3 is 2.56 bits per heavy atom. The van der Waals surface area contributed by atoms with E-state index in [2.05, 4.69) is 17.0 Å². The zero-order valence-electron chi connectivity index (χ0n) is 9.34. The van der Waals surface area contributed by atoms with Gasteiger partial charge < -0.3 is 9.53 Å². The quantitative estimate of drug-likeness (QED) is 0.711. The van der Waals surface area contributed by atoms with Gasteiger partial charge in [-0.2, -0.15) is 0 Å². The van der Waals surface area contributed by atoms with E-state index in [4.69, 9.17) is 4.74 Å². The van der Waals surface area contributed by atoms with Crippen molar-refractivity contribution in [1.82, 2.24) is 4.90 Å². The second-order valence-corrected chi connectivity index (χ2v) is 4.04. The van der Waals surface area contributed by atoms with Crippen molar-refractivity contribution in [3.63, 3.8) is 0 Å². The van der Waals surface area contributed by atoms with Crippen molar-refractivity contribution in [1.29, 1.82) is 0 Å². The summed E-state index contributed by atoms with van der Waals surface area (Å²) in [5.41, 5.74) is 1.21. The number of benzene rings is 1. The molecular weight excluding hydrogens is 202 g/mol. The van der Waals surface area contributed by atoms with Gasteiger partial charge in [-0.15, -0.1) is 0 Å². The molecule has 0 N–H and O–H groups in total. The van der Waals surface area contributed by atoms with Crippen molar-refractivity contribution in [2.45, 2.75) is 12.5 Å². The molecule has 1 fully saturated rings. The monoisotopic (exact) mass is 219 g/mol. The third-order valence-corrected chi connectivity index (χ3v) is 2.96. The van der Waals surface area contributed by atoms with Crippen LogP contribution >= 0.6 is 0 Å². The molecule has 1 unspecified atom stereocenters. The Kier molecular flexibility index (Phi) is 4.08. The highest BCUT2D eigenvalue weighted by molar-refractivity contribution is 5.58. The van der Waals surface area contributed by atoms with Gasteiger partial charge in [0.2, 0.25) is 0 Å². The number of carbonyl (C=O) groups excluding carboxylic acids is 1. The van der Waals surface area contributed by atoms with Gasteiger partial charge in [-0.05, 0) is 12.0 Å². The number of hydrogen-bond donors (Lipinski definition) is 0. The van der Waals surface area contributed by atoms with Crippen molar-refractivity contribution >= 4 is 6.29 Å². The second kappa shape index (κ2) is 5.77. The van der Waals surface area contributed by atoms with E-state index >= 15 is 0 Å². The minimum Gasteiger partial charge on any atom is -0.379 e. The molecule has 1 saturated heterocycles. The van der Waals surface area contributed by atoms with Gasteiger partial charge in [0, 0.05) is 13.1 Å². The molecule has 0 spiro atoms. The fraction of sp³-hybridized carbons (Fsp3) is 0.462. The number of hydrogen-bond acceptors (Lipinski definition) is 3. The molecule has 0 bridgehead atoms. The van der Waals surface area contributed by atoms with Crippen LogP contribution in [0.2, 0.25) is 0 Å². The molecule has 0 amide bonds. The lowest BCUT2D eigenvalue weighted by molar-refractivity contribution is -0.114. The van der Waals surface area contributed by atoms with E-state index in [1.54, 1.807) is 0 Å². The van der Waals surface area contributed by atoms with Crippen LogP contribution in [0.25, 0.3) is 0 Å². The molecule has 0 saturated carbocycles. The smallest absolute Gasteiger partial charge is 0.137 e. The summed E-state index contributed by atoms with van der Waals surface area (Å²) in [7, 11) is 0. The normalized spacial score (nSPS) is 19.2. The van der Waals surface area contributed by atoms with Crippen LogP contribution in [0.3, 0.4) is 0 Å². The Balaban J connectivity index is 1.97. The number of carbonyl (C=O) groups is 1. The lowest BCUT2D eigenvalue weighted by Crippen LogP contribution is -2.45. The number of aldehydes is 1. The molecule has 3 nitrogen and oxygen atoms in total. The Labute approximate surface area is 96.0 Å². The predicted molar refractivity (Wildman–Crippen MR) is 62.4 cm³/mol. The van der Waals surface area contributed by atoms with Gasteiger partial charge in [-0.1, -0.05) is 30.3 Å². The van der Waals surface area contributed by atoms with Crippen LogP contribution < -0.4 is 0 Å². The fourth-order valence-electron chi connectivity index (χ4n) is 2.03. The van der Waals surface area contributed by atoms with Gasteiger partial charge in [0.25, 0.3) is 0 Å². The van der Waals surface area contributed by atoms with E-state index in [0.717, 1.165) is 39.0 Å². The van der Waals surface area contributed by atoms with Crippen LogP contribution in [-0.4, -0.2) is 43.5 Å². The molecule has 3 heteroatoms. The maximum Gasteiger partial charge on any atom is 0.137 e. The standard InChI is InChI=1S/C13H17NO2/c15-11-13(14-6-8-16-9-7-14)10-12-4-2-1-3-5-12/h1-5,11,13H,6-10H2. The van der Waals surface area contributed by atoms with E-state index in [1.807, 2.05) is 18.2 Å². The second-order valence-electron chi connectivity index (χ2n) is 4.04. The van der Waals surface area contributed by atoms with Gasteiger partial charge >= 0.3 is 0 Å². The molecule has 86 valence electrons. The topological polar surface area (TPSA) is 29.5 Å². The summed E-state index contributed by atoms with van der Waals surface area (Å²) in [6, 6.07) is 10.1. The van der Waals surface area contributed by atoms with Gasteiger partial charge in [-0.3, -0.25) is 4.90 Å². The highest BCUT2D eigenvalue weighted by Gasteiger charge is 2.20. The first-order chi connectivity index (χ1) is 7.90. The van der Waals surface area contributed by atoms with Crippen molar-refractivity contribution in [2.24, 2.45) is 0 Å². The van der Waals surface area contributed by atoms with Gasteiger partial charge in [-0.25, -0.2) is 0 Å². The molecule has 1 atom stereocenters. The fourth-order valence-corrected chi connectivity index (χ4v) is 2.03. The third-order valence-electron chi connectivity index (χ3n) is 2.96. The molecule has 0 radical (unpaired) electrons. The summed E-state index contributed by atoms with van der Waals surface area (Å²) >= 11 is 0. The van der Waals surface area contributed by atoms with Crippen LogP contribution in [0.1, 0.15) is 5.56 Å². The third kappa shape index (κ3) is 2.90. The molecule has 1 aromatic rings. The average molecular weight is 219 g/mol. The van der Waals surface area contributed by atoms with Crippen LogP contribution in [0.4, 0.5) is 0 Å². The summed E-state index contributed by atoms with van der Waals surface area (Å²) in [5.74, 6) is 0. The van der Waals surface area contributed by atoms with E-state index in [-0.39, 0.29) is 6.04 Å². The average Bonchev–Trinajstić information content (AvgIpc) is 2.38. The van der Waals surface area contributed by atoms with Gasteiger partial charge in [0.05, 0.1) is 19.3 Å². The number of ether oxygens (including phenoxy) is 1. The first kappa shape index (κ1) is 11.3. The van der Waals surface area contributed by atoms with Crippen molar-refractivity contribution < 1.29 is 9.53 Å². The molecule has 1 aliphatic heterocycles. The van der Waals surface area contributed by atoms with Crippen LogP contribution in [0.15, 0.2) is 30.3 Å². The number of morpholine rings is 1. The zero-order chi connectivity index (χ0) is 11.2. The number of rotatable bonds is 4. The summed E-state index contributed by atoms with van der Waals surface area (Å²) in [6.07, 6.45) is 1.85. The Hall–Kier alpha value is -1.19. The SMILES string of the molecule is O=CC(Cc1ccccc1)N1CCOCC1. The zero-order valence-corrected chi connectivity index (χ0v) is 9.34. The van der Waals surface area contributed by atoms with Crippen LogP contribution in [0, 0.1) is 0 Å². The lowest BCUT2D eigenvalue weighted by atomic mass is 10.1. The maximum atomic E-state index is 11.1. The van der Waals surface area contributed by atoms with E-state index in [1.165, 1.54) is 5.56 Å². The molecule has 1 heterocycles. The summed E-state index contributed by atoms with van der Waals surface area (Å²) in [4.78, 5) is 13.3. The van der Waals surface area contributed by atoms with Gasteiger partial charge in [0.1, 0.15) is 6.29 Å². The minimum absolute atomic E-state index is 0.00806. The van der Waals surface area contributed by atoms with E-state index in [0.29, 0.717) is 0 Å². The molecule has 0 aromatic heterocycles.